The van der Waals surface area contributed by atoms with Gasteiger partial charge in [0.1, 0.15) is 0 Å². The lowest BCUT2D eigenvalue weighted by Crippen LogP contribution is -2.30. The second kappa shape index (κ2) is 7.53. The van der Waals surface area contributed by atoms with E-state index in [0.29, 0.717) is 18.9 Å². The molecule has 1 N–H and O–H groups in total. The number of rotatable bonds is 6. The lowest BCUT2D eigenvalue weighted by atomic mass is 10.1. The van der Waals surface area contributed by atoms with Crippen LogP contribution in [0.1, 0.15) is 58.4 Å². The number of thiophene rings is 1. The molecule has 0 spiro atoms. The van der Waals surface area contributed by atoms with E-state index in [1.54, 1.807) is 18.6 Å². The molecule has 0 radical (unpaired) electrons. The summed E-state index contributed by atoms with van der Waals surface area (Å²) in [4.78, 5) is 37.0. The molecule has 1 aliphatic heterocycles. The van der Waals surface area contributed by atoms with Crippen molar-refractivity contribution in [3.8, 4) is 0 Å². The van der Waals surface area contributed by atoms with Gasteiger partial charge in [-0.05, 0) is 44.2 Å². The fourth-order valence-electron chi connectivity index (χ4n) is 3.34. The van der Waals surface area contributed by atoms with Crippen LogP contribution < -0.4 is 5.32 Å². The van der Waals surface area contributed by atoms with E-state index < -0.39 is 0 Å². The maximum absolute atomic E-state index is 12.7. The molecule has 7 heteroatoms. The number of carbonyl (C=O) groups excluding carboxylic acids is 2. The lowest BCUT2D eigenvalue weighted by molar-refractivity contribution is -0.132. The number of aromatic nitrogens is 2. The zero-order valence-corrected chi connectivity index (χ0v) is 15.4. The minimum Gasteiger partial charge on any atom is -0.349 e. The monoisotopic (exact) mass is 370 g/mol. The Morgan fingerprint density at radius 3 is 2.88 bits per heavy atom. The molecule has 1 unspecified atom stereocenters. The average molecular weight is 370 g/mol. The van der Waals surface area contributed by atoms with Crippen LogP contribution in [0.3, 0.4) is 0 Å². The van der Waals surface area contributed by atoms with Crippen molar-refractivity contribution < 1.29 is 9.59 Å². The van der Waals surface area contributed by atoms with Gasteiger partial charge < -0.3 is 10.2 Å². The van der Waals surface area contributed by atoms with Crippen LogP contribution >= 0.6 is 11.3 Å². The third-order valence-electron chi connectivity index (χ3n) is 4.88. The largest absolute Gasteiger partial charge is 0.349 e. The minimum absolute atomic E-state index is 0.0160. The van der Waals surface area contributed by atoms with E-state index in [2.05, 4.69) is 15.3 Å². The van der Waals surface area contributed by atoms with Gasteiger partial charge in [-0.25, -0.2) is 0 Å². The highest BCUT2D eigenvalue weighted by Gasteiger charge is 2.31. The molecule has 1 atom stereocenters. The summed E-state index contributed by atoms with van der Waals surface area (Å²) < 4.78 is 0. The number of hydrogen-bond acceptors (Lipinski definition) is 5. The van der Waals surface area contributed by atoms with Gasteiger partial charge in [0, 0.05) is 42.5 Å². The van der Waals surface area contributed by atoms with Crippen LogP contribution in [0.25, 0.3) is 0 Å². The molecule has 1 saturated heterocycles. The number of hydrogen-bond donors (Lipinski definition) is 1. The van der Waals surface area contributed by atoms with Crippen molar-refractivity contribution in [1.29, 1.82) is 0 Å². The topological polar surface area (TPSA) is 75.2 Å². The first-order valence-electron chi connectivity index (χ1n) is 9.15. The van der Waals surface area contributed by atoms with Crippen LogP contribution in [0.5, 0.6) is 0 Å². The number of aryl methyl sites for hydroxylation is 1. The molecule has 2 fully saturated rings. The van der Waals surface area contributed by atoms with Crippen molar-refractivity contribution in [1.82, 2.24) is 20.2 Å². The Morgan fingerprint density at radius 2 is 2.12 bits per heavy atom. The summed E-state index contributed by atoms with van der Waals surface area (Å²) in [5, 5.41) is 3.02. The highest BCUT2D eigenvalue weighted by atomic mass is 32.1. The fourth-order valence-corrected chi connectivity index (χ4v) is 4.40. The van der Waals surface area contributed by atoms with Crippen LogP contribution in [0, 0.1) is 0 Å². The van der Waals surface area contributed by atoms with E-state index in [1.807, 2.05) is 17.0 Å². The van der Waals surface area contributed by atoms with Crippen LogP contribution in [0.2, 0.25) is 0 Å². The number of nitrogens with one attached hydrogen (secondary N) is 1. The van der Waals surface area contributed by atoms with Gasteiger partial charge >= 0.3 is 0 Å². The SMILES string of the molecule is O=C(NC1CC1)c1ccc(C2CCCN2C(=O)CCc2cnccn2)s1. The molecule has 1 saturated carbocycles. The Labute approximate surface area is 156 Å². The Hall–Kier alpha value is -2.28. The highest BCUT2D eigenvalue weighted by molar-refractivity contribution is 7.14. The van der Waals surface area contributed by atoms with E-state index in [1.165, 1.54) is 11.3 Å². The standard InChI is InChI=1S/C19H22N4O2S/c24-18(8-5-14-12-20-9-10-21-14)23-11-1-2-15(23)16-6-7-17(26-16)19(25)22-13-3-4-13/h6-7,9-10,12-13,15H,1-5,8,11H2,(H,22,25). The summed E-state index contributed by atoms with van der Waals surface area (Å²) in [6, 6.07) is 4.35. The molecule has 3 heterocycles. The smallest absolute Gasteiger partial charge is 0.261 e. The van der Waals surface area contributed by atoms with Crippen LogP contribution in [0.15, 0.2) is 30.7 Å². The predicted octanol–water partition coefficient (Wildman–Crippen LogP) is 2.73. The van der Waals surface area contributed by atoms with E-state index >= 15 is 0 Å². The summed E-state index contributed by atoms with van der Waals surface area (Å²) >= 11 is 1.52. The summed E-state index contributed by atoms with van der Waals surface area (Å²) in [5.74, 6) is 0.165. The highest BCUT2D eigenvalue weighted by Crippen LogP contribution is 2.36. The van der Waals surface area contributed by atoms with E-state index in [4.69, 9.17) is 0 Å². The number of likely N-dealkylation sites (tertiary alicyclic amines) is 1. The van der Waals surface area contributed by atoms with Crippen molar-refractivity contribution in [2.75, 3.05) is 6.54 Å². The molecule has 6 nitrogen and oxygen atoms in total. The number of amides is 2. The molecule has 2 aromatic rings. The molecular weight excluding hydrogens is 348 g/mol. The fraction of sp³-hybridized carbons (Fsp3) is 0.474. The minimum atomic E-state index is 0.0160. The van der Waals surface area contributed by atoms with E-state index in [9.17, 15) is 9.59 Å². The lowest BCUT2D eigenvalue weighted by Gasteiger charge is -2.24. The summed E-state index contributed by atoms with van der Waals surface area (Å²) in [5.41, 5.74) is 0.840. The van der Waals surface area contributed by atoms with Gasteiger partial charge in [0.15, 0.2) is 0 Å². The zero-order valence-electron chi connectivity index (χ0n) is 14.6. The van der Waals surface area contributed by atoms with Crippen LogP contribution in [-0.2, 0) is 11.2 Å². The second-order valence-electron chi connectivity index (χ2n) is 6.89. The van der Waals surface area contributed by atoms with Crippen LogP contribution in [0.4, 0.5) is 0 Å². The van der Waals surface area contributed by atoms with Gasteiger partial charge in [0.2, 0.25) is 5.91 Å². The van der Waals surface area contributed by atoms with Crippen molar-refractivity contribution in [2.24, 2.45) is 0 Å². The maximum atomic E-state index is 12.7. The Kier molecular flexibility index (Phi) is 4.97. The summed E-state index contributed by atoms with van der Waals surface area (Å²) in [6.45, 7) is 0.783. The molecule has 2 aliphatic rings. The van der Waals surface area contributed by atoms with Gasteiger partial charge in [-0.2, -0.15) is 0 Å². The van der Waals surface area contributed by atoms with Crippen molar-refractivity contribution in [3.05, 3.63) is 46.2 Å². The molecule has 1 aliphatic carbocycles. The first-order valence-corrected chi connectivity index (χ1v) is 9.97. The van der Waals surface area contributed by atoms with Gasteiger partial charge in [-0.15, -0.1) is 11.3 Å². The summed E-state index contributed by atoms with van der Waals surface area (Å²) in [6.07, 6.45) is 10.2. The van der Waals surface area contributed by atoms with Gasteiger partial charge in [0.25, 0.3) is 5.91 Å². The van der Waals surface area contributed by atoms with Crippen molar-refractivity contribution in [2.45, 2.75) is 50.6 Å². The van der Waals surface area contributed by atoms with Crippen LogP contribution in [-0.4, -0.2) is 39.3 Å². The summed E-state index contributed by atoms with van der Waals surface area (Å²) in [7, 11) is 0. The van der Waals surface area contributed by atoms with E-state index in [-0.39, 0.29) is 17.9 Å². The van der Waals surface area contributed by atoms with E-state index in [0.717, 1.165) is 47.7 Å². The predicted molar refractivity (Wildman–Crippen MR) is 98.8 cm³/mol. The number of nitrogens with zero attached hydrogens (tertiary/aromatic N) is 3. The first kappa shape index (κ1) is 17.1. The molecule has 4 rings (SSSR count). The third kappa shape index (κ3) is 3.93. The van der Waals surface area contributed by atoms with Gasteiger partial charge in [-0.3, -0.25) is 19.6 Å². The molecule has 2 aromatic heterocycles. The third-order valence-corrected chi connectivity index (χ3v) is 6.06. The average Bonchev–Trinajstić information content (AvgIpc) is 3.15. The molecule has 136 valence electrons. The maximum Gasteiger partial charge on any atom is 0.261 e. The Morgan fingerprint density at radius 1 is 1.23 bits per heavy atom. The van der Waals surface area contributed by atoms with Crippen molar-refractivity contribution in [3.63, 3.8) is 0 Å². The van der Waals surface area contributed by atoms with Crippen molar-refractivity contribution >= 4 is 23.2 Å². The Balaban J connectivity index is 1.38. The first-order chi connectivity index (χ1) is 12.7. The quantitative estimate of drug-likeness (QED) is 0.848. The van der Waals surface area contributed by atoms with Gasteiger partial charge in [0.05, 0.1) is 16.6 Å². The Bertz CT molecular complexity index is 788. The zero-order chi connectivity index (χ0) is 17.9. The molecular formula is C19H22N4O2S. The normalized spacial score (nSPS) is 19.5. The molecule has 0 aromatic carbocycles. The van der Waals surface area contributed by atoms with Gasteiger partial charge in [-0.1, -0.05) is 0 Å². The molecule has 0 bridgehead atoms. The second-order valence-corrected chi connectivity index (χ2v) is 8.01. The molecule has 2 amide bonds. The number of carbonyl (C=O) groups is 2. The molecule has 26 heavy (non-hydrogen) atoms.